The second kappa shape index (κ2) is 15.9. The molecular formula is C31H37BrN4O5S. The van der Waals surface area contributed by atoms with Gasteiger partial charge in [-0.15, -0.1) is 0 Å². The van der Waals surface area contributed by atoms with Gasteiger partial charge in [0.15, 0.2) is 17.3 Å². The molecule has 42 heavy (non-hydrogen) atoms. The fraction of sp³-hybridized carbons (Fsp3) is 0.419. The van der Waals surface area contributed by atoms with Crippen molar-refractivity contribution in [2.75, 3.05) is 33.5 Å². The average Bonchev–Trinajstić information content (AvgIpc) is 3.38. The highest BCUT2D eigenvalue weighted by Crippen LogP contribution is 2.38. The number of ether oxygens (including phenoxy) is 4. The molecule has 0 bridgehead atoms. The Balaban J connectivity index is 1.32. The van der Waals surface area contributed by atoms with Crippen molar-refractivity contribution in [1.29, 1.82) is 5.41 Å². The number of hydrogen-bond acceptors (Lipinski definition) is 8. The Morgan fingerprint density at radius 1 is 1.05 bits per heavy atom. The average molecular weight is 658 g/mol. The number of hydrogen-bond donors (Lipinski definition) is 1. The maximum absolute atomic E-state index is 12.9. The van der Waals surface area contributed by atoms with E-state index in [0.717, 1.165) is 35.6 Å². The van der Waals surface area contributed by atoms with Crippen LogP contribution in [0.25, 0.3) is 6.08 Å². The molecule has 1 amide bonds. The molecule has 2 aromatic rings. The number of fused-ring (bicyclic) bond motifs is 1. The van der Waals surface area contributed by atoms with E-state index in [0.29, 0.717) is 53.1 Å². The van der Waals surface area contributed by atoms with Crippen LogP contribution in [0.4, 0.5) is 0 Å². The number of methoxy groups -OCH3 is 1. The summed E-state index contributed by atoms with van der Waals surface area (Å²) < 4.78 is 23.5. The quantitative estimate of drug-likeness (QED) is 0.150. The van der Waals surface area contributed by atoms with Crippen LogP contribution in [0.1, 0.15) is 56.6 Å². The number of hydrazone groups is 1. The largest absolute Gasteiger partial charge is 0.493 e. The number of unbranched alkanes of at least 4 members (excludes halogenated alkanes) is 4. The fourth-order valence-corrected chi connectivity index (χ4v) is 5.87. The molecule has 2 aromatic carbocycles. The number of nitrogens with zero attached hydrogens (tertiary/aromatic N) is 3. The molecule has 0 aliphatic carbocycles. The summed E-state index contributed by atoms with van der Waals surface area (Å²) in [4.78, 5) is 17.1. The molecule has 0 saturated heterocycles. The van der Waals surface area contributed by atoms with Crippen molar-refractivity contribution >= 4 is 55.7 Å². The van der Waals surface area contributed by atoms with Gasteiger partial charge in [0.2, 0.25) is 5.17 Å². The van der Waals surface area contributed by atoms with Crippen molar-refractivity contribution in [1.82, 2.24) is 5.01 Å². The SMILES string of the molecule is CCCCCCCC1=NN2C(=N)/C(=C/c3cc(Br)c(OCCOCCOc4cccc(C)c4)c(OC)c3)C(=O)N=C2S1. The van der Waals surface area contributed by atoms with E-state index in [1.165, 1.54) is 36.0 Å². The number of halogens is 1. The Morgan fingerprint density at radius 2 is 1.83 bits per heavy atom. The van der Waals surface area contributed by atoms with Crippen LogP contribution < -0.4 is 14.2 Å². The van der Waals surface area contributed by atoms with Crippen LogP contribution in [-0.4, -0.2) is 60.5 Å². The standard InChI is InChI=1S/C31H37BrN4O5S/c1-4-5-6-7-8-12-27-35-36-29(33)24(30(37)34-31(36)42-27)18-22-19-25(32)28(26(20-22)38-3)41-16-14-39-13-15-40-23-11-9-10-21(2)17-23/h9-11,17-20,33H,4-8,12-16H2,1-3H3/b24-18-,33-29?. The monoisotopic (exact) mass is 656 g/mol. The molecule has 0 saturated carbocycles. The first kappa shape index (κ1) is 31.8. The van der Waals surface area contributed by atoms with E-state index in [1.807, 2.05) is 37.3 Å². The van der Waals surface area contributed by atoms with Crippen LogP contribution >= 0.6 is 27.7 Å². The molecular weight excluding hydrogens is 620 g/mol. The Kier molecular flexibility index (Phi) is 12.0. The summed E-state index contributed by atoms with van der Waals surface area (Å²) in [6, 6.07) is 11.5. The number of aryl methyl sites for hydroxylation is 1. The zero-order chi connectivity index (χ0) is 29.9. The van der Waals surface area contributed by atoms with E-state index in [-0.39, 0.29) is 11.4 Å². The highest BCUT2D eigenvalue weighted by Gasteiger charge is 2.35. The number of thioether (sulfide) groups is 1. The minimum absolute atomic E-state index is 0.0115. The second-order valence-corrected chi connectivity index (χ2v) is 11.7. The van der Waals surface area contributed by atoms with Crippen molar-refractivity contribution in [3.05, 3.63) is 57.6 Å². The third-order valence-electron chi connectivity index (χ3n) is 6.51. The van der Waals surface area contributed by atoms with Gasteiger partial charge < -0.3 is 18.9 Å². The maximum Gasteiger partial charge on any atom is 0.283 e. The minimum Gasteiger partial charge on any atom is -0.493 e. The summed E-state index contributed by atoms with van der Waals surface area (Å²) in [5.41, 5.74) is 1.97. The maximum atomic E-state index is 12.9. The van der Waals surface area contributed by atoms with Crippen LogP contribution in [-0.2, 0) is 9.53 Å². The summed E-state index contributed by atoms with van der Waals surface area (Å²) in [5, 5.41) is 16.0. The predicted molar refractivity (Wildman–Crippen MR) is 172 cm³/mol. The lowest BCUT2D eigenvalue weighted by atomic mass is 10.1. The highest BCUT2D eigenvalue weighted by atomic mass is 79.9. The smallest absolute Gasteiger partial charge is 0.283 e. The first-order valence-electron chi connectivity index (χ1n) is 14.2. The number of carbonyl (C=O) groups is 1. The number of carbonyl (C=O) groups excluding carboxylic acids is 1. The normalized spacial score (nSPS) is 15.5. The summed E-state index contributed by atoms with van der Waals surface area (Å²) >= 11 is 4.93. The van der Waals surface area contributed by atoms with E-state index in [1.54, 1.807) is 19.3 Å². The molecule has 0 aromatic heterocycles. The zero-order valence-corrected chi connectivity index (χ0v) is 26.7. The van der Waals surface area contributed by atoms with Gasteiger partial charge in [0.25, 0.3) is 5.91 Å². The van der Waals surface area contributed by atoms with Gasteiger partial charge in [-0.05, 0) is 88.9 Å². The van der Waals surface area contributed by atoms with Crippen LogP contribution in [0, 0.1) is 12.3 Å². The molecule has 1 N–H and O–H groups in total. The van der Waals surface area contributed by atoms with Crippen LogP contribution in [0.5, 0.6) is 17.2 Å². The Morgan fingerprint density at radius 3 is 2.60 bits per heavy atom. The number of nitrogens with one attached hydrogen (secondary N) is 1. The summed E-state index contributed by atoms with van der Waals surface area (Å²) in [6.07, 6.45) is 8.28. The third kappa shape index (κ3) is 8.68. The molecule has 224 valence electrons. The van der Waals surface area contributed by atoms with E-state index in [9.17, 15) is 4.79 Å². The van der Waals surface area contributed by atoms with Gasteiger partial charge in [-0.25, -0.2) is 0 Å². The molecule has 2 heterocycles. The van der Waals surface area contributed by atoms with E-state index in [4.69, 9.17) is 24.4 Å². The van der Waals surface area contributed by atoms with E-state index >= 15 is 0 Å². The van der Waals surface area contributed by atoms with Gasteiger partial charge in [-0.3, -0.25) is 10.2 Å². The number of benzene rings is 2. The number of aliphatic imine (C=N–C) groups is 1. The molecule has 0 spiro atoms. The van der Waals surface area contributed by atoms with Crippen molar-refractivity contribution < 1.29 is 23.7 Å². The molecule has 2 aliphatic rings. The Bertz CT molecular complexity index is 1380. The van der Waals surface area contributed by atoms with Gasteiger partial charge in [-0.1, -0.05) is 44.7 Å². The van der Waals surface area contributed by atoms with Gasteiger partial charge in [-0.2, -0.15) is 15.1 Å². The predicted octanol–water partition coefficient (Wildman–Crippen LogP) is 7.22. The van der Waals surface area contributed by atoms with Gasteiger partial charge >= 0.3 is 0 Å². The summed E-state index contributed by atoms with van der Waals surface area (Å²) in [6.45, 7) is 5.79. The van der Waals surface area contributed by atoms with Crippen LogP contribution in [0.15, 0.2) is 56.5 Å². The van der Waals surface area contributed by atoms with E-state index < -0.39 is 5.91 Å². The van der Waals surface area contributed by atoms with Crippen LogP contribution in [0.3, 0.4) is 0 Å². The molecule has 0 radical (unpaired) electrons. The van der Waals surface area contributed by atoms with E-state index in [2.05, 4.69) is 32.9 Å². The van der Waals surface area contributed by atoms with Gasteiger partial charge in [0.05, 0.1) is 30.4 Å². The lowest BCUT2D eigenvalue weighted by molar-refractivity contribution is -0.114. The van der Waals surface area contributed by atoms with Crippen LogP contribution in [0.2, 0.25) is 0 Å². The Hall–Kier alpha value is -3.15. The minimum atomic E-state index is -0.461. The topological polar surface area (TPSA) is 106 Å². The van der Waals surface area contributed by atoms with Crippen molar-refractivity contribution in [2.24, 2.45) is 10.1 Å². The number of amides is 1. The molecule has 0 unspecified atom stereocenters. The Labute approximate surface area is 260 Å². The third-order valence-corrected chi connectivity index (χ3v) is 8.07. The van der Waals surface area contributed by atoms with Crippen molar-refractivity contribution in [3.8, 4) is 17.2 Å². The molecule has 0 atom stereocenters. The lowest BCUT2D eigenvalue weighted by Gasteiger charge is -2.20. The summed E-state index contributed by atoms with van der Waals surface area (Å²) in [7, 11) is 1.55. The number of amidine groups is 2. The number of rotatable bonds is 16. The molecule has 0 fully saturated rings. The summed E-state index contributed by atoms with van der Waals surface area (Å²) in [5.74, 6) is 1.38. The van der Waals surface area contributed by atoms with Gasteiger partial charge in [0, 0.05) is 0 Å². The fourth-order valence-electron chi connectivity index (χ4n) is 4.37. The first-order chi connectivity index (χ1) is 20.4. The zero-order valence-electron chi connectivity index (χ0n) is 24.3. The first-order valence-corrected chi connectivity index (χ1v) is 15.8. The molecule has 11 heteroatoms. The second-order valence-electron chi connectivity index (χ2n) is 9.84. The lowest BCUT2D eigenvalue weighted by Crippen LogP contribution is -2.35. The van der Waals surface area contributed by atoms with Gasteiger partial charge in [0.1, 0.15) is 24.0 Å². The molecule has 4 rings (SSSR count). The molecule has 2 aliphatic heterocycles. The van der Waals surface area contributed by atoms with Crippen molar-refractivity contribution in [2.45, 2.75) is 52.4 Å². The highest BCUT2D eigenvalue weighted by molar-refractivity contribution is 9.10. The van der Waals surface area contributed by atoms with Crippen molar-refractivity contribution in [3.63, 3.8) is 0 Å². The molecule has 9 nitrogen and oxygen atoms in total.